The van der Waals surface area contributed by atoms with Gasteiger partial charge in [0.1, 0.15) is 35.4 Å². The SMILES string of the molecule is Cc1ccc(C2(c3ccc(C)cc3)c3cc(-c4ccc(C=C5C(=O)c6ccccc6C5=C(C#N)C#N)s4)sc3-c3sc4c5c(sc4c32)-c2sc(-c3ccc(C=C4C(=O)c6ccccc6C4=C(C#N)C#N)s3)cc2C5(c2ccc(C)cc2)c2ccc(C)cc2)cc1. The third-order valence-electron chi connectivity index (χ3n) is 18.1. The summed E-state index contributed by atoms with van der Waals surface area (Å²) in [7, 11) is 0. The Kier molecular flexibility index (Phi) is 12.8. The lowest BCUT2D eigenvalue weighted by molar-refractivity contribution is 0.103. The fourth-order valence-corrected chi connectivity index (χ4v) is 21.9. The molecule has 0 unspecified atom stereocenters. The number of hydrogen-bond donors (Lipinski definition) is 0. The summed E-state index contributed by atoms with van der Waals surface area (Å²) in [6.45, 7) is 8.58. The number of benzene rings is 6. The Balaban J connectivity index is 0.915. The predicted octanol–water partition coefficient (Wildman–Crippen LogP) is 20.7. The number of carbonyl (C=O) groups excluding carboxylic acids is 2. The van der Waals surface area contributed by atoms with Crippen molar-refractivity contribution in [1.82, 2.24) is 0 Å². The number of nitrogens with zero attached hydrogens (tertiary/aromatic N) is 4. The van der Waals surface area contributed by atoms with Crippen molar-refractivity contribution in [2.75, 3.05) is 0 Å². The van der Waals surface area contributed by atoms with E-state index in [2.05, 4.69) is 173 Å². The Morgan fingerprint density at radius 1 is 0.367 bits per heavy atom. The van der Waals surface area contributed by atoms with Gasteiger partial charge in [-0.05, 0) is 121 Å². The number of carbonyl (C=O) groups is 2. The standard InChI is InChI=1S/C78H44N4O2S6/c1-41-13-21-47(22-14-41)77(48-23-15-42(2)16-24-48)59-35-63(61-31-29-51(85-61)33-57-65(45(37-79)38-80)53-9-5-7-11-55(53)69(57)83)87-71(59)73-67(77)75-76(89-73)68-74(90-75)72-60(78(68,49-25-17-43(3)18-26-49)50-27-19-44(4)20-28-50)36-64(88-72)62-32-30-52(86-62)34-58-66(46(39-81)40-82)54-10-6-8-12-56(54)70(58)84/h5-36H,1-4H3. The topological polar surface area (TPSA) is 129 Å². The molecule has 0 fully saturated rings. The smallest absolute Gasteiger partial charge is 0.194 e. The van der Waals surface area contributed by atoms with Crippen LogP contribution in [0, 0.1) is 73.0 Å². The quantitative estimate of drug-likeness (QED) is 0.110. The fourth-order valence-electron chi connectivity index (χ4n) is 14.0. The summed E-state index contributed by atoms with van der Waals surface area (Å²) in [6.07, 6.45) is 3.70. The Labute approximate surface area is 543 Å². The Morgan fingerprint density at radius 2 is 0.689 bits per heavy atom. The summed E-state index contributed by atoms with van der Waals surface area (Å²) in [4.78, 5) is 39.2. The lowest BCUT2D eigenvalue weighted by atomic mass is 9.67. The second-order valence-corrected chi connectivity index (χ2v) is 29.5. The van der Waals surface area contributed by atoms with Crippen LogP contribution < -0.4 is 0 Å². The van der Waals surface area contributed by atoms with Gasteiger partial charge < -0.3 is 0 Å². The van der Waals surface area contributed by atoms with Gasteiger partial charge >= 0.3 is 0 Å². The van der Waals surface area contributed by atoms with Crippen molar-refractivity contribution in [1.29, 1.82) is 21.0 Å². The van der Waals surface area contributed by atoms with Gasteiger partial charge in [0.25, 0.3) is 0 Å². The zero-order valence-corrected chi connectivity index (χ0v) is 53.4. The van der Waals surface area contributed by atoms with Crippen molar-refractivity contribution >= 4 is 112 Å². The zero-order valence-electron chi connectivity index (χ0n) is 48.5. The number of thiophene rings is 6. The number of Topliss-reactive ketones (excluding diaryl/α,β-unsaturated/α-hetero) is 2. The van der Waals surface area contributed by atoms with Crippen LogP contribution in [0.5, 0.6) is 0 Å². The second-order valence-electron chi connectivity index (χ2n) is 23.2. The molecular weight excluding hydrogens is 1220 g/mol. The number of rotatable bonds is 8. The van der Waals surface area contributed by atoms with E-state index in [4.69, 9.17) is 0 Å². The molecule has 4 aliphatic rings. The highest BCUT2D eigenvalue weighted by atomic mass is 32.1. The Bertz CT molecular complexity index is 5010. The summed E-state index contributed by atoms with van der Waals surface area (Å²) in [5, 5.41) is 40.4. The first kappa shape index (κ1) is 55.4. The lowest BCUT2D eigenvalue weighted by Gasteiger charge is -2.34. The Hall–Kier alpha value is -9.96. The number of fused-ring (bicyclic) bond motifs is 11. The van der Waals surface area contributed by atoms with E-state index in [1.807, 2.05) is 106 Å². The fraction of sp³-hybridized carbons (Fsp3) is 0.0769. The van der Waals surface area contributed by atoms with E-state index in [0.717, 1.165) is 29.3 Å². The van der Waals surface area contributed by atoms with Crippen molar-refractivity contribution in [3.63, 3.8) is 0 Å². The molecule has 4 aliphatic carbocycles. The van der Waals surface area contributed by atoms with Gasteiger partial charge in [0, 0.05) is 73.8 Å². The van der Waals surface area contributed by atoms with E-state index in [1.54, 1.807) is 34.8 Å². The molecule has 0 bridgehead atoms. The van der Waals surface area contributed by atoms with Gasteiger partial charge in [-0.25, -0.2) is 0 Å². The van der Waals surface area contributed by atoms with E-state index in [9.17, 15) is 30.6 Å². The summed E-state index contributed by atoms with van der Waals surface area (Å²) in [5.74, 6) is -0.400. The maximum atomic E-state index is 14.1. The lowest BCUT2D eigenvalue weighted by Crippen LogP contribution is -2.28. The van der Waals surface area contributed by atoms with Crippen molar-refractivity contribution in [2.45, 2.75) is 38.5 Å². The summed E-state index contributed by atoms with van der Waals surface area (Å²) >= 11 is 10.7. The van der Waals surface area contributed by atoms with Crippen molar-refractivity contribution < 1.29 is 9.59 Å². The molecule has 0 saturated heterocycles. The normalized spacial score (nSPS) is 15.3. The van der Waals surface area contributed by atoms with E-state index in [0.29, 0.717) is 44.5 Å². The first-order valence-corrected chi connectivity index (χ1v) is 34.0. The molecule has 6 aromatic carbocycles. The molecule has 6 aromatic heterocycles. The van der Waals surface area contributed by atoms with E-state index in [-0.39, 0.29) is 22.7 Å². The summed E-state index contributed by atoms with van der Waals surface area (Å²) in [6, 6.07) is 72.3. The first-order valence-electron chi connectivity index (χ1n) is 29.1. The van der Waals surface area contributed by atoms with E-state index in [1.165, 1.54) is 95.7 Å². The molecular formula is C78H44N4O2S6. The van der Waals surface area contributed by atoms with Crippen LogP contribution in [0.1, 0.15) is 108 Å². The third-order valence-corrected chi connectivity index (χ3v) is 25.7. The van der Waals surface area contributed by atoms with Gasteiger partial charge in [0.05, 0.1) is 39.7 Å². The van der Waals surface area contributed by atoms with Crippen LogP contribution in [-0.4, -0.2) is 11.6 Å². The van der Waals surface area contributed by atoms with Gasteiger partial charge in [-0.1, -0.05) is 168 Å². The minimum absolute atomic E-state index is 0.0844. The molecule has 0 amide bonds. The third kappa shape index (κ3) is 7.91. The minimum atomic E-state index is -0.730. The van der Waals surface area contributed by atoms with Crippen molar-refractivity contribution in [3.05, 3.63) is 303 Å². The van der Waals surface area contributed by atoms with Crippen molar-refractivity contribution in [2.24, 2.45) is 0 Å². The molecule has 16 rings (SSSR count). The molecule has 12 aromatic rings. The van der Waals surface area contributed by atoms with E-state index < -0.39 is 10.8 Å². The average molecular weight is 1260 g/mol. The molecule has 0 radical (unpaired) electrons. The van der Waals surface area contributed by atoms with Crippen LogP contribution >= 0.6 is 68.0 Å². The second kappa shape index (κ2) is 20.8. The largest absolute Gasteiger partial charge is 0.289 e. The molecule has 6 nitrogen and oxygen atoms in total. The Morgan fingerprint density at radius 3 is 1.01 bits per heavy atom. The molecule has 424 valence electrons. The molecule has 0 saturated carbocycles. The summed E-state index contributed by atoms with van der Waals surface area (Å²) in [5.41, 5.74) is 16.5. The highest BCUT2D eigenvalue weighted by Crippen LogP contribution is 2.71. The van der Waals surface area contributed by atoms with Gasteiger partial charge in [-0.2, -0.15) is 21.0 Å². The number of hydrogen-bond acceptors (Lipinski definition) is 12. The van der Waals surface area contributed by atoms with Crippen LogP contribution in [0.25, 0.3) is 71.7 Å². The highest BCUT2D eigenvalue weighted by Gasteiger charge is 2.55. The average Bonchev–Trinajstić information content (AvgIpc) is 1.49. The van der Waals surface area contributed by atoms with Crippen LogP contribution in [0.4, 0.5) is 0 Å². The molecule has 0 aliphatic heterocycles. The minimum Gasteiger partial charge on any atom is -0.289 e. The molecule has 0 N–H and O–H groups in total. The van der Waals surface area contributed by atoms with Crippen molar-refractivity contribution in [3.8, 4) is 63.3 Å². The van der Waals surface area contributed by atoms with Gasteiger partial charge in [-0.3, -0.25) is 9.59 Å². The predicted molar refractivity (Wildman–Crippen MR) is 369 cm³/mol. The molecule has 90 heavy (non-hydrogen) atoms. The molecule has 12 heteroatoms. The number of allylic oxidation sites excluding steroid dienone is 6. The molecule has 0 spiro atoms. The van der Waals surface area contributed by atoms with Crippen LogP contribution in [0.15, 0.2) is 204 Å². The number of aryl methyl sites for hydroxylation is 4. The van der Waals surface area contributed by atoms with Crippen LogP contribution in [0.3, 0.4) is 0 Å². The monoisotopic (exact) mass is 1260 g/mol. The van der Waals surface area contributed by atoms with Crippen LogP contribution in [-0.2, 0) is 10.8 Å². The maximum absolute atomic E-state index is 14.1. The first-order chi connectivity index (χ1) is 43.9. The van der Waals surface area contributed by atoms with Gasteiger partial charge in [0.2, 0.25) is 0 Å². The number of ketones is 2. The zero-order chi connectivity index (χ0) is 61.5. The molecule has 0 atom stereocenters. The number of nitriles is 4. The van der Waals surface area contributed by atoms with E-state index >= 15 is 0 Å². The van der Waals surface area contributed by atoms with Gasteiger partial charge in [0.15, 0.2) is 11.6 Å². The summed E-state index contributed by atoms with van der Waals surface area (Å²) < 4.78 is 2.54. The van der Waals surface area contributed by atoms with Crippen LogP contribution in [0.2, 0.25) is 0 Å². The molecule has 6 heterocycles. The maximum Gasteiger partial charge on any atom is 0.194 e. The highest BCUT2D eigenvalue weighted by molar-refractivity contribution is 7.35. The van der Waals surface area contributed by atoms with Gasteiger partial charge in [-0.15, -0.1) is 68.0 Å².